The summed E-state index contributed by atoms with van der Waals surface area (Å²) in [6, 6.07) is 16.0. The van der Waals surface area contributed by atoms with Crippen molar-refractivity contribution in [3.63, 3.8) is 0 Å². The first-order chi connectivity index (χ1) is 14.2. The summed E-state index contributed by atoms with van der Waals surface area (Å²) in [5.74, 6) is 0.790. The highest BCUT2D eigenvalue weighted by Gasteiger charge is 2.00. The first-order valence-electron chi connectivity index (χ1n) is 10.8. The first-order valence-corrected chi connectivity index (χ1v) is 10.8. The maximum absolute atomic E-state index is 11.8. The van der Waals surface area contributed by atoms with Gasteiger partial charge >= 0.3 is 0 Å². The number of rotatable bonds is 13. The van der Waals surface area contributed by atoms with Crippen LogP contribution >= 0.6 is 0 Å². The van der Waals surface area contributed by atoms with Crippen LogP contribution in [-0.2, 0) is 11.4 Å². The molecule has 2 rings (SSSR count). The number of amides is 1. The number of benzene rings is 2. The number of hydrogen-bond acceptors (Lipinski definition) is 3. The molecular weight excluding hydrogens is 360 g/mol. The van der Waals surface area contributed by atoms with E-state index in [9.17, 15) is 4.79 Å². The highest BCUT2D eigenvalue weighted by molar-refractivity contribution is 5.82. The van der Waals surface area contributed by atoms with Crippen molar-refractivity contribution < 1.29 is 9.53 Å². The normalized spacial score (nSPS) is 11.0. The molecule has 29 heavy (non-hydrogen) atoms. The quantitative estimate of drug-likeness (QED) is 0.251. The number of hydrogen-bond donors (Lipinski definition) is 1. The summed E-state index contributed by atoms with van der Waals surface area (Å²) in [5, 5.41) is 4.05. The Kier molecular flexibility index (Phi) is 10.6. The summed E-state index contributed by atoms with van der Waals surface area (Å²) in [7, 11) is 0. The molecule has 156 valence electrons. The maximum Gasteiger partial charge on any atom is 0.240 e. The fraction of sp³-hybridized carbons (Fsp3) is 0.440. The molecule has 1 N–H and O–H groups in total. The van der Waals surface area contributed by atoms with Gasteiger partial charge in [0.2, 0.25) is 5.91 Å². The van der Waals surface area contributed by atoms with E-state index in [1.54, 1.807) is 6.21 Å². The van der Waals surface area contributed by atoms with E-state index in [1.807, 2.05) is 24.3 Å². The van der Waals surface area contributed by atoms with E-state index in [0.29, 0.717) is 13.0 Å². The molecule has 0 heterocycles. The number of hydrazone groups is 1. The van der Waals surface area contributed by atoms with Gasteiger partial charge in [0, 0.05) is 6.42 Å². The minimum Gasteiger partial charge on any atom is -0.489 e. The molecule has 0 radical (unpaired) electrons. The van der Waals surface area contributed by atoms with Crippen molar-refractivity contribution in [3.8, 4) is 5.75 Å². The van der Waals surface area contributed by atoms with Crippen molar-refractivity contribution in [2.45, 2.75) is 71.8 Å². The third-order valence-corrected chi connectivity index (χ3v) is 4.82. The Morgan fingerprint density at radius 2 is 1.59 bits per heavy atom. The summed E-state index contributed by atoms with van der Waals surface area (Å²) in [6.45, 7) is 4.84. The predicted octanol–water partition coefficient (Wildman–Crippen LogP) is 6.16. The lowest BCUT2D eigenvalue weighted by Gasteiger charge is -2.07. The molecule has 0 aliphatic heterocycles. The summed E-state index contributed by atoms with van der Waals surface area (Å²) < 4.78 is 5.80. The van der Waals surface area contributed by atoms with Gasteiger partial charge in [-0.25, -0.2) is 5.43 Å². The molecule has 0 aliphatic rings. The molecule has 1 amide bonds. The molecule has 0 bridgehead atoms. The lowest BCUT2D eigenvalue weighted by molar-refractivity contribution is -0.121. The van der Waals surface area contributed by atoms with Crippen LogP contribution in [0.5, 0.6) is 5.75 Å². The van der Waals surface area contributed by atoms with E-state index in [-0.39, 0.29) is 5.91 Å². The van der Waals surface area contributed by atoms with E-state index in [1.165, 1.54) is 37.7 Å². The van der Waals surface area contributed by atoms with E-state index in [0.717, 1.165) is 29.7 Å². The van der Waals surface area contributed by atoms with Gasteiger partial charge in [-0.2, -0.15) is 5.10 Å². The third kappa shape index (κ3) is 9.93. The van der Waals surface area contributed by atoms with Crippen LogP contribution in [0.2, 0.25) is 0 Å². The van der Waals surface area contributed by atoms with Gasteiger partial charge in [-0.15, -0.1) is 0 Å². The zero-order chi connectivity index (χ0) is 20.7. The topological polar surface area (TPSA) is 50.7 Å². The van der Waals surface area contributed by atoms with Gasteiger partial charge in [0.15, 0.2) is 0 Å². The Morgan fingerprint density at radius 1 is 0.931 bits per heavy atom. The monoisotopic (exact) mass is 394 g/mol. The molecular formula is C25H34N2O2. The zero-order valence-electron chi connectivity index (χ0n) is 17.8. The summed E-state index contributed by atoms with van der Waals surface area (Å²) in [6.07, 6.45) is 10.6. The molecule has 0 saturated carbocycles. The van der Waals surface area contributed by atoms with Crippen molar-refractivity contribution in [3.05, 3.63) is 65.2 Å². The average molecular weight is 395 g/mol. The summed E-state index contributed by atoms with van der Waals surface area (Å²) in [5.41, 5.74) is 5.91. The Labute approximate surface area is 175 Å². The van der Waals surface area contributed by atoms with E-state index in [4.69, 9.17) is 4.74 Å². The molecule has 4 nitrogen and oxygen atoms in total. The lowest BCUT2D eigenvalue weighted by Crippen LogP contribution is -2.16. The van der Waals surface area contributed by atoms with Gasteiger partial charge in [-0.1, -0.05) is 75.3 Å². The van der Waals surface area contributed by atoms with E-state index < -0.39 is 0 Å². The van der Waals surface area contributed by atoms with Gasteiger partial charge in [-0.3, -0.25) is 4.79 Å². The second kappa shape index (κ2) is 13.5. The van der Waals surface area contributed by atoms with Crippen LogP contribution < -0.4 is 10.2 Å². The number of unbranched alkanes of at least 4 members (excludes halogenated alkanes) is 6. The van der Waals surface area contributed by atoms with Crippen LogP contribution in [0.15, 0.2) is 53.6 Å². The highest BCUT2D eigenvalue weighted by atomic mass is 16.5. The SMILES string of the molecule is CCCCCCCCCC(=O)NN=Cc1ccc(OCc2ccc(C)cc2)cc1. The molecule has 4 heteroatoms. The second-order valence-electron chi connectivity index (χ2n) is 7.51. The van der Waals surface area contributed by atoms with Crippen LogP contribution in [-0.4, -0.2) is 12.1 Å². The van der Waals surface area contributed by atoms with Crippen molar-refractivity contribution in [2.75, 3.05) is 0 Å². The molecule has 2 aromatic rings. The summed E-state index contributed by atoms with van der Waals surface area (Å²) in [4.78, 5) is 11.8. The van der Waals surface area contributed by atoms with Crippen LogP contribution in [0.4, 0.5) is 0 Å². The third-order valence-electron chi connectivity index (χ3n) is 4.82. The molecule has 0 atom stereocenters. The maximum atomic E-state index is 11.8. The van der Waals surface area contributed by atoms with Crippen LogP contribution in [0, 0.1) is 6.92 Å². The fourth-order valence-corrected chi connectivity index (χ4v) is 2.98. The first kappa shape index (κ1) is 22.7. The molecule has 2 aromatic carbocycles. The summed E-state index contributed by atoms with van der Waals surface area (Å²) >= 11 is 0. The smallest absolute Gasteiger partial charge is 0.240 e. The predicted molar refractivity (Wildman–Crippen MR) is 120 cm³/mol. The Morgan fingerprint density at radius 3 is 2.28 bits per heavy atom. The lowest BCUT2D eigenvalue weighted by atomic mass is 10.1. The number of ether oxygens (including phenoxy) is 1. The molecule has 0 saturated heterocycles. The van der Waals surface area contributed by atoms with Crippen molar-refractivity contribution in [1.29, 1.82) is 0 Å². The standard InChI is InChI=1S/C25H34N2O2/c1-3-4-5-6-7-8-9-10-25(28)27-26-19-22-15-17-24(18-16-22)29-20-23-13-11-21(2)12-14-23/h11-19H,3-10,20H2,1-2H3,(H,27,28). The minimum absolute atomic E-state index is 0.0205. The Hall–Kier alpha value is -2.62. The largest absolute Gasteiger partial charge is 0.489 e. The molecule has 0 aliphatic carbocycles. The highest BCUT2D eigenvalue weighted by Crippen LogP contribution is 2.14. The van der Waals surface area contributed by atoms with Gasteiger partial charge in [-0.05, 0) is 48.7 Å². The number of carbonyl (C=O) groups excluding carboxylic acids is 1. The van der Waals surface area contributed by atoms with Crippen molar-refractivity contribution >= 4 is 12.1 Å². The Balaban J connectivity index is 1.62. The van der Waals surface area contributed by atoms with Crippen LogP contribution in [0.3, 0.4) is 0 Å². The molecule has 0 unspecified atom stereocenters. The molecule has 0 aromatic heterocycles. The van der Waals surface area contributed by atoms with Gasteiger partial charge < -0.3 is 4.74 Å². The van der Waals surface area contributed by atoms with Gasteiger partial charge in [0.05, 0.1) is 6.21 Å². The van der Waals surface area contributed by atoms with Gasteiger partial charge in [0.25, 0.3) is 0 Å². The minimum atomic E-state index is -0.0205. The van der Waals surface area contributed by atoms with Crippen LogP contribution in [0.1, 0.15) is 75.0 Å². The number of nitrogens with zero attached hydrogens (tertiary/aromatic N) is 1. The molecule has 0 spiro atoms. The second-order valence-corrected chi connectivity index (χ2v) is 7.51. The zero-order valence-corrected chi connectivity index (χ0v) is 17.8. The number of nitrogens with one attached hydrogen (secondary N) is 1. The van der Waals surface area contributed by atoms with E-state index in [2.05, 4.69) is 48.6 Å². The van der Waals surface area contributed by atoms with E-state index >= 15 is 0 Å². The fourth-order valence-electron chi connectivity index (χ4n) is 2.98. The number of carbonyl (C=O) groups is 1. The van der Waals surface area contributed by atoms with Crippen molar-refractivity contribution in [2.24, 2.45) is 5.10 Å². The van der Waals surface area contributed by atoms with Crippen LogP contribution in [0.25, 0.3) is 0 Å². The Bertz CT molecular complexity index is 736. The number of aryl methyl sites for hydroxylation is 1. The van der Waals surface area contributed by atoms with Crippen molar-refractivity contribution in [1.82, 2.24) is 5.43 Å². The average Bonchev–Trinajstić information content (AvgIpc) is 2.73. The van der Waals surface area contributed by atoms with Gasteiger partial charge in [0.1, 0.15) is 12.4 Å². The molecule has 0 fully saturated rings.